The van der Waals surface area contributed by atoms with Gasteiger partial charge in [0.2, 0.25) is 10.0 Å². The van der Waals surface area contributed by atoms with Crippen molar-refractivity contribution >= 4 is 10.0 Å². The lowest BCUT2D eigenvalue weighted by Crippen LogP contribution is -2.47. The number of benzene rings is 1. The average Bonchev–Trinajstić information content (AvgIpc) is 3.37. The van der Waals surface area contributed by atoms with Crippen LogP contribution in [-0.2, 0) is 21.2 Å². The molecule has 0 spiro atoms. The number of rotatable bonds is 7. The molecule has 0 radical (unpaired) electrons. The molecule has 2 rings (SSSR count). The molecular weight excluding hydrogens is 300 g/mol. The SMILES string of the molecule is COCCc1ccc(S(=O)(=O)N(C)[C@@](C)(C#N)C2CC2)cc1. The Hall–Kier alpha value is -1.42. The molecule has 0 heterocycles. The summed E-state index contributed by atoms with van der Waals surface area (Å²) in [5.41, 5.74) is 0.0433. The van der Waals surface area contributed by atoms with Gasteiger partial charge < -0.3 is 4.74 Å². The zero-order valence-corrected chi connectivity index (χ0v) is 14.1. The molecule has 120 valence electrons. The quantitative estimate of drug-likeness (QED) is 0.771. The number of nitrogens with zero attached hydrogens (tertiary/aromatic N) is 2. The van der Waals surface area contributed by atoms with E-state index in [0.717, 1.165) is 24.8 Å². The highest BCUT2D eigenvalue weighted by atomic mass is 32.2. The molecule has 0 unspecified atom stereocenters. The molecule has 1 fully saturated rings. The Bertz CT molecular complexity index is 660. The predicted octanol–water partition coefficient (Wildman–Crippen LogP) is 2.19. The Balaban J connectivity index is 2.24. The van der Waals surface area contributed by atoms with Crippen molar-refractivity contribution in [3.8, 4) is 6.07 Å². The minimum Gasteiger partial charge on any atom is -0.384 e. The molecule has 0 aromatic heterocycles. The van der Waals surface area contributed by atoms with Crippen LogP contribution in [0.15, 0.2) is 29.2 Å². The molecule has 0 amide bonds. The number of hydrogen-bond acceptors (Lipinski definition) is 4. The van der Waals surface area contributed by atoms with Crippen molar-refractivity contribution in [2.24, 2.45) is 5.92 Å². The van der Waals surface area contributed by atoms with Crippen molar-refractivity contribution < 1.29 is 13.2 Å². The molecular formula is C16H22N2O3S. The van der Waals surface area contributed by atoms with Gasteiger partial charge in [-0.3, -0.25) is 0 Å². The molecule has 1 aliphatic carbocycles. The number of hydrogen-bond donors (Lipinski definition) is 0. The number of methoxy groups -OCH3 is 1. The number of sulfonamides is 1. The molecule has 1 aliphatic rings. The average molecular weight is 322 g/mol. The summed E-state index contributed by atoms with van der Waals surface area (Å²) in [5, 5.41) is 9.45. The first-order chi connectivity index (χ1) is 10.4. The standard InChI is InChI=1S/C16H22N2O3S/c1-16(12-17,14-6-7-14)18(2)22(19,20)15-8-4-13(5-9-15)10-11-21-3/h4-5,8-9,14H,6-7,10-11H2,1-3H3/t16-/m0/s1. The van der Waals surface area contributed by atoms with E-state index < -0.39 is 15.6 Å². The smallest absolute Gasteiger partial charge is 0.244 e. The van der Waals surface area contributed by atoms with Gasteiger partial charge in [-0.2, -0.15) is 9.57 Å². The Morgan fingerprint density at radius 1 is 1.36 bits per heavy atom. The van der Waals surface area contributed by atoms with E-state index in [1.165, 1.54) is 11.4 Å². The summed E-state index contributed by atoms with van der Waals surface area (Å²) in [4.78, 5) is 0.221. The fourth-order valence-corrected chi connectivity index (χ4v) is 4.01. The van der Waals surface area contributed by atoms with Gasteiger partial charge in [0.05, 0.1) is 17.6 Å². The second-order valence-electron chi connectivity index (χ2n) is 5.89. The van der Waals surface area contributed by atoms with Crippen molar-refractivity contribution in [1.29, 1.82) is 5.26 Å². The van der Waals surface area contributed by atoms with Crippen LogP contribution < -0.4 is 0 Å². The lowest BCUT2D eigenvalue weighted by Gasteiger charge is -2.32. The first-order valence-electron chi connectivity index (χ1n) is 7.34. The fourth-order valence-electron chi connectivity index (χ4n) is 2.52. The molecule has 1 aromatic carbocycles. The minimum atomic E-state index is -3.67. The Morgan fingerprint density at radius 2 is 1.95 bits per heavy atom. The largest absolute Gasteiger partial charge is 0.384 e. The van der Waals surface area contributed by atoms with E-state index in [1.54, 1.807) is 38.3 Å². The summed E-state index contributed by atoms with van der Waals surface area (Å²) in [6.07, 6.45) is 2.55. The number of nitriles is 1. The van der Waals surface area contributed by atoms with Crippen LogP contribution in [-0.4, -0.2) is 39.0 Å². The molecule has 0 saturated heterocycles. The molecule has 0 aliphatic heterocycles. The maximum atomic E-state index is 12.7. The maximum Gasteiger partial charge on any atom is 0.244 e. The van der Waals surface area contributed by atoms with Gasteiger partial charge >= 0.3 is 0 Å². The van der Waals surface area contributed by atoms with Gasteiger partial charge in [0.1, 0.15) is 5.54 Å². The molecule has 6 heteroatoms. The summed E-state index contributed by atoms with van der Waals surface area (Å²) in [5.74, 6) is 0.123. The second kappa shape index (κ2) is 6.37. The summed E-state index contributed by atoms with van der Waals surface area (Å²) >= 11 is 0. The van der Waals surface area contributed by atoms with Crippen molar-refractivity contribution in [3.63, 3.8) is 0 Å². The van der Waals surface area contributed by atoms with Crippen molar-refractivity contribution in [1.82, 2.24) is 4.31 Å². The highest BCUT2D eigenvalue weighted by Gasteiger charge is 2.49. The summed E-state index contributed by atoms with van der Waals surface area (Å²) in [6, 6.07) is 8.97. The van der Waals surface area contributed by atoms with Crippen LogP contribution in [0.4, 0.5) is 0 Å². The fraction of sp³-hybridized carbons (Fsp3) is 0.562. The van der Waals surface area contributed by atoms with Gasteiger partial charge in [-0.25, -0.2) is 8.42 Å². The molecule has 1 aromatic rings. The normalized spacial score (nSPS) is 18.0. The van der Waals surface area contributed by atoms with Gasteiger partial charge in [-0.05, 0) is 49.8 Å². The Morgan fingerprint density at radius 3 is 2.41 bits per heavy atom. The summed E-state index contributed by atoms with van der Waals surface area (Å²) in [6.45, 7) is 2.30. The first-order valence-corrected chi connectivity index (χ1v) is 8.78. The maximum absolute atomic E-state index is 12.7. The molecule has 1 atom stereocenters. The van der Waals surface area contributed by atoms with Gasteiger partial charge in [-0.1, -0.05) is 12.1 Å². The van der Waals surface area contributed by atoms with E-state index in [-0.39, 0.29) is 10.8 Å². The lowest BCUT2D eigenvalue weighted by atomic mass is 9.99. The highest BCUT2D eigenvalue weighted by molar-refractivity contribution is 7.89. The minimum absolute atomic E-state index is 0.123. The third kappa shape index (κ3) is 3.17. The van der Waals surface area contributed by atoms with Gasteiger partial charge in [0, 0.05) is 14.2 Å². The van der Waals surface area contributed by atoms with E-state index in [1.807, 2.05) is 0 Å². The van der Waals surface area contributed by atoms with Gasteiger partial charge in [-0.15, -0.1) is 0 Å². The lowest BCUT2D eigenvalue weighted by molar-refractivity contribution is 0.202. The van der Waals surface area contributed by atoms with Crippen LogP contribution in [0.1, 0.15) is 25.3 Å². The Labute approximate surface area is 132 Å². The van der Waals surface area contributed by atoms with Crippen LogP contribution >= 0.6 is 0 Å². The van der Waals surface area contributed by atoms with Crippen molar-refractivity contribution in [3.05, 3.63) is 29.8 Å². The summed E-state index contributed by atoms with van der Waals surface area (Å²) in [7, 11) is -0.542. The van der Waals surface area contributed by atoms with E-state index in [4.69, 9.17) is 4.74 Å². The van der Waals surface area contributed by atoms with E-state index >= 15 is 0 Å². The number of ether oxygens (including phenoxy) is 1. The van der Waals surface area contributed by atoms with Crippen molar-refractivity contribution in [2.45, 2.75) is 36.6 Å². The van der Waals surface area contributed by atoms with Gasteiger partial charge in [0.15, 0.2) is 0 Å². The Kier molecular flexibility index (Phi) is 4.90. The van der Waals surface area contributed by atoms with Crippen LogP contribution in [0.25, 0.3) is 0 Å². The first kappa shape index (κ1) is 16.9. The van der Waals surface area contributed by atoms with Crippen molar-refractivity contribution in [2.75, 3.05) is 20.8 Å². The molecule has 5 nitrogen and oxygen atoms in total. The van der Waals surface area contributed by atoms with Crippen LogP contribution in [0.2, 0.25) is 0 Å². The van der Waals surface area contributed by atoms with Crippen LogP contribution in [0.3, 0.4) is 0 Å². The zero-order valence-electron chi connectivity index (χ0n) is 13.2. The monoisotopic (exact) mass is 322 g/mol. The zero-order chi connectivity index (χ0) is 16.4. The van der Waals surface area contributed by atoms with E-state index in [2.05, 4.69) is 6.07 Å². The predicted molar refractivity (Wildman–Crippen MR) is 83.7 cm³/mol. The third-order valence-electron chi connectivity index (χ3n) is 4.43. The molecule has 1 saturated carbocycles. The topological polar surface area (TPSA) is 70.4 Å². The summed E-state index contributed by atoms with van der Waals surface area (Å²) < 4.78 is 31.7. The molecule has 0 bridgehead atoms. The van der Waals surface area contributed by atoms with E-state index in [0.29, 0.717) is 6.61 Å². The highest BCUT2D eigenvalue weighted by Crippen LogP contribution is 2.43. The van der Waals surface area contributed by atoms with E-state index in [9.17, 15) is 13.7 Å². The van der Waals surface area contributed by atoms with Gasteiger partial charge in [0.25, 0.3) is 0 Å². The van der Waals surface area contributed by atoms with Crippen LogP contribution in [0.5, 0.6) is 0 Å². The van der Waals surface area contributed by atoms with Crippen LogP contribution in [0, 0.1) is 17.2 Å². The third-order valence-corrected chi connectivity index (χ3v) is 6.40. The molecule has 0 N–H and O–H groups in total. The second-order valence-corrected chi connectivity index (χ2v) is 7.86. The molecule has 22 heavy (non-hydrogen) atoms.